The highest BCUT2D eigenvalue weighted by Crippen LogP contribution is 2.29. The van der Waals surface area contributed by atoms with Crippen LogP contribution in [-0.4, -0.2) is 71.8 Å². The summed E-state index contributed by atoms with van der Waals surface area (Å²) in [5.41, 5.74) is -0.342. The van der Waals surface area contributed by atoms with Crippen molar-refractivity contribution in [2.45, 2.75) is 25.6 Å². The Hall–Kier alpha value is -3.21. The molecule has 2 aromatic carbocycles. The van der Waals surface area contributed by atoms with Crippen LogP contribution >= 0.6 is 0 Å². The highest BCUT2D eigenvalue weighted by molar-refractivity contribution is 5.43. The van der Waals surface area contributed by atoms with Crippen molar-refractivity contribution >= 4 is 0 Å². The van der Waals surface area contributed by atoms with Crippen molar-refractivity contribution in [3.05, 3.63) is 71.8 Å². The van der Waals surface area contributed by atoms with Crippen LogP contribution in [0.3, 0.4) is 0 Å². The first kappa shape index (κ1) is 25.9. The average Bonchev–Trinajstić information content (AvgIpc) is 3.17. The molecule has 0 radical (unpaired) electrons. The Kier molecular flexibility index (Phi) is 8.40. The highest BCUT2D eigenvalue weighted by atomic mass is 19.2. The number of imidazole rings is 1. The lowest BCUT2D eigenvalue weighted by Gasteiger charge is -2.30. The smallest absolute Gasteiger partial charge is 0.162 e. The molecule has 194 valence electrons. The van der Waals surface area contributed by atoms with Crippen molar-refractivity contribution in [1.82, 2.24) is 14.5 Å². The number of rotatable bonds is 10. The van der Waals surface area contributed by atoms with Crippen LogP contribution < -0.4 is 14.2 Å². The van der Waals surface area contributed by atoms with E-state index in [-0.39, 0.29) is 25.5 Å². The van der Waals surface area contributed by atoms with E-state index < -0.39 is 17.2 Å². The van der Waals surface area contributed by atoms with Gasteiger partial charge in [0.2, 0.25) is 0 Å². The second-order valence-electron chi connectivity index (χ2n) is 8.85. The molecule has 1 aromatic heterocycles. The van der Waals surface area contributed by atoms with Crippen LogP contribution in [0.2, 0.25) is 0 Å². The molecule has 4 rings (SSSR count). The first-order chi connectivity index (χ1) is 17.3. The van der Waals surface area contributed by atoms with E-state index in [0.717, 1.165) is 23.5 Å². The van der Waals surface area contributed by atoms with Gasteiger partial charge in [0.15, 0.2) is 23.1 Å². The molecule has 0 aliphatic carbocycles. The fraction of sp³-hybridized carbons (Fsp3) is 0.423. The minimum absolute atomic E-state index is 0.0673. The zero-order valence-corrected chi connectivity index (χ0v) is 20.5. The predicted octanol–water partition coefficient (Wildman–Crippen LogP) is 3.20. The Morgan fingerprint density at radius 1 is 1.11 bits per heavy atom. The maximum Gasteiger partial charge on any atom is 0.162 e. The van der Waals surface area contributed by atoms with Gasteiger partial charge in [-0.3, -0.25) is 4.90 Å². The molecule has 1 aliphatic heterocycles. The lowest BCUT2D eigenvalue weighted by Crippen LogP contribution is -2.48. The monoisotopic (exact) mass is 503 g/mol. The summed E-state index contributed by atoms with van der Waals surface area (Å²) in [6.07, 6.45) is 3.66. The van der Waals surface area contributed by atoms with E-state index >= 15 is 0 Å². The molecular formula is C26H31F2N3O5. The molecule has 1 aliphatic rings. The molecule has 0 amide bonds. The third kappa shape index (κ3) is 6.71. The number of methoxy groups -OCH3 is 1. The number of nitrogens with zero attached hydrogens (tertiary/aromatic N) is 3. The molecular weight excluding hydrogens is 472 g/mol. The summed E-state index contributed by atoms with van der Waals surface area (Å²) < 4.78 is 51.3. The molecule has 0 saturated carbocycles. The van der Waals surface area contributed by atoms with E-state index in [2.05, 4.69) is 9.88 Å². The van der Waals surface area contributed by atoms with Gasteiger partial charge in [0.1, 0.15) is 30.4 Å². The van der Waals surface area contributed by atoms with Gasteiger partial charge in [-0.2, -0.15) is 0 Å². The Morgan fingerprint density at radius 2 is 1.97 bits per heavy atom. The third-order valence-electron chi connectivity index (χ3n) is 5.99. The lowest BCUT2D eigenvalue weighted by atomic mass is 10.1. The van der Waals surface area contributed by atoms with Gasteiger partial charge in [-0.1, -0.05) is 6.07 Å². The van der Waals surface area contributed by atoms with Gasteiger partial charge < -0.3 is 28.6 Å². The number of ether oxygens (including phenoxy) is 4. The topological polar surface area (TPSA) is 78.2 Å². The van der Waals surface area contributed by atoms with Crippen molar-refractivity contribution in [3.8, 4) is 17.2 Å². The van der Waals surface area contributed by atoms with Crippen LogP contribution in [0.4, 0.5) is 8.78 Å². The summed E-state index contributed by atoms with van der Waals surface area (Å²) in [6, 6.07) is 9.02. The van der Waals surface area contributed by atoms with Crippen molar-refractivity contribution < 1.29 is 32.8 Å². The second-order valence-corrected chi connectivity index (χ2v) is 8.85. The van der Waals surface area contributed by atoms with Crippen molar-refractivity contribution in [1.29, 1.82) is 0 Å². The van der Waals surface area contributed by atoms with Gasteiger partial charge in [-0.05, 0) is 36.8 Å². The number of aliphatic hydroxyl groups is 1. The van der Waals surface area contributed by atoms with Crippen LogP contribution in [0, 0.1) is 18.6 Å². The molecule has 10 heteroatoms. The number of aromatic nitrogens is 2. The molecule has 1 unspecified atom stereocenters. The molecule has 1 N–H and O–H groups in total. The average molecular weight is 504 g/mol. The zero-order chi connectivity index (χ0) is 25.5. The molecule has 1 atom stereocenters. The summed E-state index contributed by atoms with van der Waals surface area (Å²) in [5, 5.41) is 11.1. The zero-order valence-electron chi connectivity index (χ0n) is 20.5. The van der Waals surface area contributed by atoms with Gasteiger partial charge in [-0.25, -0.2) is 13.8 Å². The highest BCUT2D eigenvalue weighted by Gasteiger charge is 2.33. The Bertz CT molecular complexity index is 1160. The van der Waals surface area contributed by atoms with Crippen LogP contribution in [0.1, 0.15) is 11.4 Å². The predicted molar refractivity (Wildman–Crippen MR) is 128 cm³/mol. The van der Waals surface area contributed by atoms with Crippen LogP contribution in [0.15, 0.2) is 48.8 Å². The number of benzene rings is 2. The normalized spacial score (nSPS) is 18.6. The third-order valence-corrected chi connectivity index (χ3v) is 5.99. The summed E-state index contributed by atoms with van der Waals surface area (Å²) in [7, 11) is 1.60. The summed E-state index contributed by atoms with van der Waals surface area (Å²) in [5.74, 6) is 0.373. The first-order valence-electron chi connectivity index (χ1n) is 11.7. The summed E-state index contributed by atoms with van der Waals surface area (Å²) >= 11 is 0. The minimum atomic E-state index is -1.32. The van der Waals surface area contributed by atoms with Crippen LogP contribution in [-0.2, 0) is 17.8 Å². The number of halogens is 2. The Morgan fingerprint density at radius 3 is 2.72 bits per heavy atom. The SMILES string of the molecule is COc1ccc(CN2CCOCC(O)(COc3ccc(F)c(F)c3)C2)cc1OCCn1ccnc1C. The number of hydrogen-bond donors (Lipinski definition) is 1. The summed E-state index contributed by atoms with van der Waals surface area (Å²) in [6.45, 7) is 4.86. The Balaban J connectivity index is 1.38. The van der Waals surface area contributed by atoms with Gasteiger partial charge >= 0.3 is 0 Å². The molecule has 8 nitrogen and oxygen atoms in total. The van der Waals surface area contributed by atoms with Gasteiger partial charge in [-0.15, -0.1) is 0 Å². The molecule has 3 aromatic rings. The fourth-order valence-electron chi connectivity index (χ4n) is 4.09. The van der Waals surface area contributed by atoms with Crippen LogP contribution in [0.5, 0.6) is 17.2 Å². The van der Waals surface area contributed by atoms with Gasteiger partial charge in [0, 0.05) is 38.1 Å². The molecule has 1 saturated heterocycles. The van der Waals surface area contributed by atoms with Gasteiger partial charge in [0.05, 0.1) is 26.9 Å². The van der Waals surface area contributed by atoms with E-state index in [0.29, 0.717) is 44.3 Å². The molecule has 2 heterocycles. The molecule has 0 bridgehead atoms. The van der Waals surface area contributed by atoms with Crippen LogP contribution in [0.25, 0.3) is 0 Å². The van der Waals surface area contributed by atoms with Crippen molar-refractivity contribution in [2.24, 2.45) is 0 Å². The van der Waals surface area contributed by atoms with E-state index in [1.54, 1.807) is 13.3 Å². The number of β-amino-alcohol motifs (C(OH)–C–C–N with tert-alkyl or cyclic N) is 1. The molecule has 36 heavy (non-hydrogen) atoms. The molecule has 1 fully saturated rings. The summed E-state index contributed by atoms with van der Waals surface area (Å²) in [4.78, 5) is 6.28. The number of aryl methyl sites for hydroxylation is 1. The van der Waals surface area contributed by atoms with E-state index in [4.69, 9.17) is 18.9 Å². The first-order valence-corrected chi connectivity index (χ1v) is 11.7. The van der Waals surface area contributed by atoms with E-state index in [9.17, 15) is 13.9 Å². The van der Waals surface area contributed by atoms with Crippen molar-refractivity contribution in [3.63, 3.8) is 0 Å². The quantitative estimate of drug-likeness (QED) is 0.455. The number of hydrogen-bond acceptors (Lipinski definition) is 7. The van der Waals surface area contributed by atoms with Gasteiger partial charge in [0.25, 0.3) is 0 Å². The van der Waals surface area contributed by atoms with E-state index in [1.165, 1.54) is 6.07 Å². The van der Waals surface area contributed by atoms with Crippen molar-refractivity contribution in [2.75, 3.05) is 46.6 Å². The maximum atomic E-state index is 13.5. The maximum absolute atomic E-state index is 13.5. The Labute approximate surface area is 209 Å². The molecule has 0 spiro atoms. The lowest BCUT2D eigenvalue weighted by molar-refractivity contribution is -0.0647. The standard InChI is InChI=1S/C26H31F2N3O5/c1-19-29-7-8-31(19)10-12-35-25-13-20(3-6-24(25)33-2)15-30-9-11-34-17-26(32,16-30)18-36-21-4-5-22(27)23(28)14-21/h3-8,13-14,32H,9-12,15-18H2,1-2H3. The second kappa shape index (κ2) is 11.7. The largest absolute Gasteiger partial charge is 0.493 e. The fourth-order valence-corrected chi connectivity index (χ4v) is 4.09. The van der Waals surface area contributed by atoms with E-state index in [1.807, 2.05) is 35.9 Å². The minimum Gasteiger partial charge on any atom is -0.493 e.